The number of carbonyl (C=O) groups is 1. The van der Waals surface area contributed by atoms with Gasteiger partial charge in [0.1, 0.15) is 11.6 Å². The molecule has 26 heavy (non-hydrogen) atoms. The van der Waals surface area contributed by atoms with Crippen molar-refractivity contribution in [2.24, 2.45) is 0 Å². The number of thioether (sulfide) groups is 1. The van der Waals surface area contributed by atoms with Crippen LogP contribution in [0.3, 0.4) is 0 Å². The maximum absolute atomic E-state index is 11.9. The summed E-state index contributed by atoms with van der Waals surface area (Å²) in [7, 11) is 0. The van der Waals surface area contributed by atoms with E-state index < -0.39 is 0 Å². The molecule has 4 rings (SSSR count). The molecule has 2 heterocycles. The van der Waals surface area contributed by atoms with Crippen molar-refractivity contribution < 1.29 is 9.53 Å². The van der Waals surface area contributed by atoms with Gasteiger partial charge in [-0.05, 0) is 30.7 Å². The molecule has 0 amide bonds. The van der Waals surface area contributed by atoms with Gasteiger partial charge in [0, 0.05) is 12.2 Å². The summed E-state index contributed by atoms with van der Waals surface area (Å²) >= 11 is 4.96. The van der Waals surface area contributed by atoms with Crippen molar-refractivity contribution in [2.45, 2.75) is 23.8 Å². The predicted molar refractivity (Wildman–Crippen MR) is 109 cm³/mol. The first kappa shape index (κ1) is 17.5. The molecule has 132 valence electrons. The molecule has 7 heteroatoms. The van der Waals surface area contributed by atoms with Crippen LogP contribution in [0, 0.1) is 0 Å². The highest BCUT2D eigenvalue weighted by molar-refractivity contribution is 8.01. The Balaban J connectivity index is 1.20. The summed E-state index contributed by atoms with van der Waals surface area (Å²) in [6.45, 7) is 0.253. The van der Waals surface area contributed by atoms with E-state index in [0.717, 1.165) is 37.3 Å². The maximum Gasteiger partial charge on any atom is 0.306 e. The third-order valence-corrected chi connectivity index (χ3v) is 7.00. The first-order valence-corrected chi connectivity index (χ1v) is 10.9. The quantitative estimate of drug-likeness (QED) is 0.232. The third-order valence-electron chi connectivity index (χ3n) is 3.72. The van der Waals surface area contributed by atoms with Crippen molar-refractivity contribution in [2.75, 3.05) is 5.75 Å². The number of rotatable bonds is 7. The zero-order chi connectivity index (χ0) is 17.8. The summed E-state index contributed by atoms with van der Waals surface area (Å²) in [5, 5.41) is 0.836. The highest BCUT2D eigenvalue weighted by Crippen LogP contribution is 2.29. The number of hydrogen-bond acceptors (Lipinski definition) is 7. The standard InChI is InChI=1S/C19H16N2O2S3/c22-18(23-12-17-20-13-6-1-3-8-15(13)25-17)10-5-11-24-19-21-14-7-2-4-9-16(14)26-19/h1-4,6-9H,5,10-12H2. The van der Waals surface area contributed by atoms with Crippen LogP contribution in [0.1, 0.15) is 17.8 Å². The van der Waals surface area contributed by atoms with Gasteiger partial charge >= 0.3 is 5.97 Å². The van der Waals surface area contributed by atoms with Crippen molar-refractivity contribution in [1.29, 1.82) is 0 Å². The number of ether oxygens (including phenoxy) is 1. The minimum absolute atomic E-state index is 0.172. The van der Waals surface area contributed by atoms with Crippen molar-refractivity contribution in [1.82, 2.24) is 9.97 Å². The van der Waals surface area contributed by atoms with Crippen molar-refractivity contribution in [3.63, 3.8) is 0 Å². The number of para-hydroxylation sites is 2. The van der Waals surface area contributed by atoms with Gasteiger partial charge in [0.15, 0.2) is 4.34 Å². The number of fused-ring (bicyclic) bond motifs is 2. The second kappa shape index (κ2) is 8.16. The average Bonchev–Trinajstić information content (AvgIpc) is 3.26. The number of carbonyl (C=O) groups excluding carboxylic acids is 1. The zero-order valence-corrected chi connectivity index (χ0v) is 16.3. The van der Waals surface area contributed by atoms with Gasteiger partial charge in [-0.1, -0.05) is 36.0 Å². The Morgan fingerprint density at radius 3 is 2.38 bits per heavy atom. The Kier molecular flexibility index (Phi) is 5.48. The minimum Gasteiger partial charge on any atom is -0.458 e. The van der Waals surface area contributed by atoms with Gasteiger partial charge in [-0.3, -0.25) is 4.79 Å². The van der Waals surface area contributed by atoms with Gasteiger partial charge in [-0.2, -0.15) is 0 Å². The van der Waals surface area contributed by atoms with E-state index in [1.165, 1.54) is 4.70 Å². The van der Waals surface area contributed by atoms with E-state index in [1.807, 2.05) is 42.5 Å². The molecule has 0 aliphatic heterocycles. The summed E-state index contributed by atoms with van der Waals surface area (Å²) in [4.78, 5) is 21.0. The summed E-state index contributed by atoms with van der Waals surface area (Å²) in [5.41, 5.74) is 1.99. The highest BCUT2D eigenvalue weighted by Gasteiger charge is 2.08. The number of benzene rings is 2. The Hall–Kier alpha value is -1.96. The second-order valence-corrected chi connectivity index (χ2v) is 9.12. The molecule has 0 bridgehead atoms. The molecule has 0 N–H and O–H groups in total. The number of esters is 1. The molecule has 0 spiro atoms. The molecule has 4 nitrogen and oxygen atoms in total. The fraction of sp³-hybridized carbons (Fsp3) is 0.211. The Morgan fingerprint density at radius 1 is 0.962 bits per heavy atom. The van der Waals surface area contributed by atoms with Crippen molar-refractivity contribution in [3.8, 4) is 0 Å². The molecule has 2 aromatic heterocycles. The zero-order valence-electron chi connectivity index (χ0n) is 13.9. The Labute approximate surface area is 163 Å². The molecular weight excluding hydrogens is 384 g/mol. The van der Waals surface area contributed by atoms with Crippen LogP contribution >= 0.6 is 34.4 Å². The highest BCUT2D eigenvalue weighted by atomic mass is 32.2. The van der Waals surface area contributed by atoms with Crippen molar-refractivity contribution in [3.05, 3.63) is 53.5 Å². The molecule has 0 atom stereocenters. The van der Waals surface area contributed by atoms with Crippen LogP contribution < -0.4 is 0 Å². The summed E-state index contributed by atoms with van der Waals surface area (Å²) in [6.07, 6.45) is 1.20. The first-order chi connectivity index (χ1) is 12.8. The number of hydrogen-bond donors (Lipinski definition) is 0. The SMILES string of the molecule is O=C(CCCSc1nc2ccccc2s1)OCc1nc2ccccc2s1. The lowest BCUT2D eigenvalue weighted by atomic mass is 10.3. The molecule has 2 aromatic carbocycles. The molecular formula is C19H16N2O2S3. The largest absolute Gasteiger partial charge is 0.458 e. The van der Waals surface area contributed by atoms with Crippen molar-refractivity contribution >= 4 is 60.8 Å². The molecule has 0 unspecified atom stereocenters. The maximum atomic E-state index is 11.9. The topological polar surface area (TPSA) is 52.1 Å². The van der Waals surface area contributed by atoms with E-state index in [2.05, 4.69) is 16.0 Å². The number of aromatic nitrogens is 2. The second-order valence-electron chi connectivity index (χ2n) is 5.64. The molecule has 0 saturated carbocycles. The molecule has 0 aliphatic rings. The Bertz CT molecular complexity index is 975. The normalized spacial score (nSPS) is 11.2. The minimum atomic E-state index is -0.172. The lowest BCUT2D eigenvalue weighted by Crippen LogP contribution is -2.04. The predicted octanol–water partition coefficient (Wildman–Crippen LogP) is 5.52. The molecule has 0 aliphatic carbocycles. The number of thiazole rings is 2. The van der Waals surface area contributed by atoms with Crippen LogP contribution in [-0.4, -0.2) is 21.7 Å². The molecule has 4 aromatic rings. The van der Waals surface area contributed by atoms with Gasteiger partial charge in [-0.25, -0.2) is 9.97 Å². The van der Waals surface area contributed by atoms with E-state index in [0.29, 0.717) is 6.42 Å². The van der Waals surface area contributed by atoms with Gasteiger partial charge in [-0.15, -0.1) is 22.7 Å². The van der Waals surface area contributed by atoms with Gasteiger partial charge in [0.2, 0.25) is 0 Å². The monoisotopic (exact) mass is 400 g/mol. The van der Waals surface area contributed by atoms with E-state index in [1.54, 1.807) is 34.4 Å². The van der Waals surface area contributed by atoms with Crippen LogP contribution in [0.25, 0.3) is 20.4 Å². The first-order valence-electron chi connectivity index (χ1n) is 8.26. The lowest BCUT2D eigenvalue weighted by molar-refractivity contribution is -0.144. The summed E-state index contributed by atoms with van der Waals surface area (Å²) < 4.78 is 8.71. The van der Waals surface area contributed by atoms with Crippen LogP contribution in [0.2, 0.25) is 0 Å². The summed E-state index contributed by atoms with van der Waals surface area (Å²) in [6, 6.07) is 16.1. The molecule has 0 radical (unpaired) electrons. The van der Waals surface area contributed by atoms with E-state index in [9.17, 15) is 4.79 Å². The average molecular weight is 401 g/mol. The van der Waals surface area contributed by atoms with E-state index in [-0.39, 0.29) is 12.6 Å². The lowest BCUT2D eigenvalue weighted by Gasteiger charge is -2.02. The van der Waals surface area contributed by atoms with Crippen LogP contribution in [-0.2, 0) is 16.1 Å². The van der Waals surface area contributed by atoms with Crippen LogP contribution in [0.15, 0.2) is 52.9 Å². The Morgan fingerprint density at radius 2 is 1.65 bits per heavy atom. The van der Waals surface area contributed by atoms with Crippen LogP contribution in [0.4, 0.5) is 0 Å². The van der Waals surface area contributed by atoms with E-state index in [4.69, 9.17) is 4.74 Å². The van der Waals surface area contributed by atoms with Gasteiger partial charge in [0.25, 0.3) is 0 Å². The smallest absolute Gasteiger partial charge is 0.306 e. The van der Waals surface area contributed by atoms with Gasteiger partial charge < -0.3 is 4.74 Å². The fourth-order valence-corrected chi connectivity index (χ4v) is 5.44. The van der Waals surface area contributed by atoms with Crippen LogP contribution in [0.5, 0.6) is 0 Å². The number of nitrogens with zero attached hydrogens (tertiary/aromatic N) is 2. The molecule has 0 fully saturated rings. The third kappa shape index (κ3) is 4.23. The van der Waals surface area contributed by atoms with E-state index >= 15 is 0 Å². The molecule has 0 saturated heterocycles. The summed E-state index contributed by atoms with van der Waals surface area (Å²) in [5.74, 6) is 0.685. The fourth-order valence-electron chi connectivity index (χ4n) is 2.48. The van der Waals surface area contributed by atoms with Gasteiger partial charge in [0.05, 0.1) is 20.4 Å².